The minimum atomic E-state index is 0. The minimum Gasteiger partial charge on any atom is -1.00 e. The quantitative estimate of drug-likeness (QED) is 0.317. The molecule has 0 saturated heterocycles. The molecule has 0 aliphatic heterocycles. The first-order valence-corrected chi connectivity index (χ1v) is 5.54. The van der Waals surface area contributed by atoms with Gasteiger partial charge in [-0.15, -0.1) is 0 Å². The summed E-state index contributed by atoms with van der Waals surface area (Å²) >= 11 is 1.31. The number of unbranched alkanes of at least 4 members (excludes halogenated alkanes) is 2. The van der Waals surface area contributed by atoms with E-state index in [0.717, 1.165) is 18.7 Å². The predicted octanol–water partition coefficient (Wildman–Crippen LogP) is -0.156. The summed E-state index contributed by atoms with van der Waals surface area (Å²) in [5.41, 5.74) is 0.922. The van der Waals surface area contributed by atoms with Crippen molar-refractivity contribution in [2.75, 3.05) is 13.1 Å². The first-order chi connectivity index (χ1) is 5.85. The smallest absolute Gasteiger partial charge is 1.00 e. The molecular formula is C9H20NNaOS. The third-order valence-electron chi connectivity index (χ3n) is 1.71. The van der Waals surface area contributed by atoms with Crippen molar-refractivity contribution in [3.05, 3.63) is 0 Å². The van der Waals surface area contributed by atoms with Crippen LogP contribution in [-0.4, -0.2) is 23.0 Å². The molecular weight excluding hydrogens is 193 g/mol. The van der Waals surface area contributed by atoms with Crippen molar-refractivity contribution in [3.63, 3.8) is 0 Å². The number of rotatable bonds is 8. The van der Waals surface area contributed by atoms with Crippen LogP contribution < -0.4 is 29.6 Å². The number of nitrogens with zero attached hydrogens (tertiary/aromatic N) is 1. The van der Waals surface area contributed by atoms with E-state index in [1.165, 1.54) is 37.6 Å². The van der Waals surface area contributed by atoms with Crippen LogP contribution in [-0.2, 0) is 4.79 Å². The molecule has 0 aliphatic carbocycles. The molecule has 0 fully saturated rings. The van der Waals surface area contributed by atoms with Gasteiger partial charge in [-0.3, -0.25) is 4.79 Å². The van der Waals surface area contributed by atoms with Gasteiger partial charge in [0.05, 0.1) is 0 Å². The fourth-order valence-corrected chi connectivity index (χ4v) is 1.54. The molecule has 0 rings (SSSR count). The van der Waals surface area contributed by atoms with E-state index in [1.807, 2.05) is 0 Å². The zero-order valence-corrected chi connectivity index (χ0v) is 11.9. The molecule has 0 radical (unpaired) electrons. The van der Waals surface area contributed by atoms with E-state index in [4.69, 9.17) is 0 Å². The summed E-state index contributed by atoms with van der Waals surface area (Å²) in [5, 5.41) is 0. The fourth-order valence-electron chi connectivity index (χ4n) is 0.947. The maximum atomic E-state index is 10.3. The average molecular weight is 213 g/mol. The molecule has 0 aromatic carbocycles. The van der Waals surface area contributed by atoms with Crippen LogP contribution >= 0.6 is 11.9 Å². The van der Waals surface area contributed by atoms with E-state index < -0.39 is 0 Å². The molecule has 0 bridgehead atoms. The van der Waals surface area contributed by atoms with E-state index in [9.17, 15) is 4.79 Å². The fraction of sp³-hybridized carbons (Fsp3) is 0.889. The molecule has 4 heteroatoms. The first-order valence-electron chi connectivity index (χ1n) is 4.70. The maximum Gasteiger partial charge on any atom is 1.00 e. The molecule has 0 aromatic rings. The molecule has 0 saturated carbocycles. The SMILES string of the molecule is CCCCN(CCCC)SC=O.[H-].[Na+]. The molecule has 13 heavy (non-hydrogen) atoms. The molecule has 74 valence electrons. The number of hydrogen-bond donors (Lipinski definition) is 0. The Morgan fingerprint density at radius 2 is 1.69 bits per heavy atom. The van der Waals surface area contributed by atoms with Crippen LogP contribution in [0.1, 0.15) is 41.0 Å². The second-order valence-corrected chi connectivity index (χ2v) is 3.76. The molecule has 0 spiro atoms. The van der Waals surface area contributed by atoms with Gasteiger partial charge in [0.2, 0.25) is 0 Å². The molecule has 0 amide bonds. The van der Waals surface area contributed by atoms with Crippen molar-refractivity contribution < 1.29 is 35.8 Å². The van der Waals surface area contributed by atoms with Crippen molar-refractivity contribution >= 4 is 17.6 Å². The van der Waals surface area contributed by atoms with E-state index in [-0.39, 0.29) is 31.0 Å². The molecule has 0 aromatic heterocycles. The Kier molecular flexibility index (Phi) is 16.4. The molecule has 0 unspecified atom stereocenters. The van der Waals surface area contributed by atoms with Crippen molar-refractivity contribution in [2.24, 2.45) is 0 Å². The van der Waals surface area contributed by atoms with Crippen molar-refractivity contribution in [2.45, 2.75) is 39.5 Å². The van der Waals surface area contributed by atoms with E-state index in [1.54, 1.807) is 0 Å². The number of hydrogen-bond acceptors (Lipinski definition) is 3. The van der Waals surface area contributed by atoms with Crippen LogP contribution in [0.5, 0.6) is 0 Å². The Hall–Kier alpha value is 0.980. The van der Waals surface area contributed by atoms with Gasteiger partial charge in [-0.2, -0.15) is 0 Å². The van der Waals surface area contributed by atoms with Gasteiger partial charge < -0.3 is 1.43 Å². The van der Waals surface area contributed by atoms with Gasteiger partial charge in [0, 0.05) is 13.1 Å². The van der Waals surface area contributed by atoms with Gasteiger partial charge in [0.1, 0.15) is 0 Å². The number of carbonyl (C=O) groups is 1. The third kappa shape index (κ3) is 10.9. The van der Waals surface area contributed by atoms with Crippen LogP contribution in [0, 0.1) is 0 Å². The largest absolute Gasteiger partial charge is 1.00 e. The molecule has 0 atom stereocenters. The molecule has 0 aliphatic rings. The molecule has 0 heterocycles. The first kappa shape index (κ1) is 16.4. The zero-order valence-electron chi connectivity index (χ0n) is 10.1. The van der Waals surface area contributed by atoms with Gasteiger partial charge in [-0.25, -0.2) is 4.31 Å². The maximum absolute atomic E-state index is 10.3. The topological polar surface area (TPSA) is 20.3 Å². The Balaban J connectivity index is -0.000000605. The van der Waals surface area contributed by atoms with Crippen molar-refractivity contribution in [1.82, 2.24) is 4.31 Å². The second kappa shape index (κ2) is 13.0. The third-order valence-corrected chi connectivity index (χ3v) is 2.46. The summed E-state index contributed by atoms with van der Waals surface area (Å²) in [6, 6.07) is 0. The summed E-state index contributed by atoms with van der Waals surface area (Å²) in [6.45, 7) is 6.42. The van der Waals surface area contributed by atoms with Crippen molar-refractivity contribution in [1.29, 1.82) is 0 Å². The number of carbonyl (C=O) groups excluding carboxylic acids is 1. The molecule has 2 nitrogen and oxygen atoms in total. The Labute approximate surface area is 110 Å². The summed E-state index contributed by atoms with van der Waals surface area (Å²) in [7, 11) is 0. The van der Waals surface area contributed by atoms with Crippen molar-refractivity contribution in [3.8, 4) is 0 Å². The zero-order chi connectivity index (χ0) is 9.23. The summed E-state index contributed by atoms with van der Waals surface area (Å²) in [6.07, 6.45) is 4.76. The van der Waals surface area contributed by atoms with E-state index in [0.29, 0.717) is 0 Å². The Morgan fingerprint density at radius 3 is 2.00 bits per heavy atom. The van der Waals surface area contributed by atoms with Crippen LogP contribution in [0.3, 0.4) is 0 Å². The Bertz CT molecular complexity index is 111. The predicted molar refractivity (Wildman–Crippen MR) is 56.8 cm³/mol. The standard InChI is InChI=1S/C9H19NOS.Na.H/c1-3-5-7-10(12-9-11)8-6-4-2;;/h9H,3-8H2,1-2H3;;/q;+1;-1. The van der Waals surface area contributed by atoms with Gasteiger partial charge in [0.15, 0.2) is 5.62 Å². The van der Waals surface area contributed by atoms with Crippen LogP contribution in [0.4, 0.5) is 0 Å². The Morgan fingerprint density at radius 1 is 1.23 bits per heavy atom. The van der Waals surface area contributed by atoms with Crippen LogP contribution in [0.25, 0.3) is 0 Å². The van der Waals surface area contributed by atoms with E-state index >= 15 is 0 Å². The second-order valence-electron chi connectivity index (χ2n) is 2.84. The van der Waals surface area contributed by atoms with Gasteiger partial charge >= 0.3 is 29.6 Å². The average Bonchev–Trinajstić information content (AvgIpc) is 2.10. The minimum absolute atomic E-state index is 0. The molecule has 0 N–H and O–H groups in total. The monoisotopic (exact) mass is 213 g/mol. The van der Waals surface area contributed by atoms with Gasteiger partial charge in [0.25, 0.3) is 0 Å². The van der Waals surface area contributed by atoms with E-state index in [2.05, 4.69) is 18.2 Å². The summed E-state index contributed by atoms with van der Waals surface area (Å²) < 4.78 is 2.15. The van der Waals surface area contributed by atoms with Gasteiger partial charge in [-0.1, -0.05) is 26.7 Å². The summed E-state index contributed by atoms with van der Waals surface area (Å²) in [5.74, 6) is 0. The van der Waals surface area contributed by atoms with Gasteiger partial charge in [-0.05, 0) is 24.8 Å². The normalized spacial score (nSPS) is 9.77. The van der Waals surface area contributed by atoms with Crippen LogP contribution in [0.2, 0.25) is 0 Å². The summed E-state index contributed by atoms with van der Waals surface area (Å²) in [4.78, 5) is 10.3. The van der Waals surface area contributed by atoms with Crippen LogP contribution in [0.15, 0.2) is 0 Å².